The number of hydrogen-bond acceptors (Lipinski definition) is 1. The Hall–Kier alpha value is -0.600. The molecule has 116 valence electrons. The number of aromatic nitrogens is 1. The largest absolute Gasteiger partial charge is 1.00 e. The molecule has 1 aromatic rings. The van der Waals surface area contributed by atoms with Crippen molar-refractivity contribution in [3.05, 3.63) is 30.1 Å². The maximum absolute atomic E-state index is 8.73. The number of aliphatic hydroxyl groups excluding tert-OH is 1. The maximum atomic E-state index is 8.73. The number of hydrogen-bond donors (Lipinski definition) is 1. The van der Waals surface area contributed by atoms with Crippen LogP contribution >= 0.6 is 0 Å². The van der Waals surface area contributed by atoms with E-state index in [0.717, 1.165) is 19.4 Å². The first-order chi connectivity index (χ1) is 9.36. The fourth-order valence-corrected chi connectivity index (χ4v) is 2.38. The van der Waals surface area contributed by atoms with Gasteiger partial charge in [-0.1, -0.05) is 32.6 Å². The molecule has 20 heavy (non-hydrogen) atoms. The minimum Gasteiger partial charge on any atom is -1.00 e. The van der Waals surface area contributed by atoms with Gasteiger partial charge in [-0.15, -0.1) is 0 Å². The molecule has 1 rings (SSSR count). The lowest BCUT2D eigenvalue weighted by Gasteiger charge is -2.02. The van der Waals surface area contributed by atoms with Gasteiger partial charge in [0.15, 0.2) is 12.4 Å². The molecule has 1 heterocycles. The SMILES string of the molecule is CCCCCCc1ccc[n+](CCCCCCO)c1.[Cl-]. The Morgan fingerprint density at radius 2 is 1.75 bits per heavy atom. The first-order valence-electron chi connectivity index (χ1n) is 7.95. The summed E-state index contributed by atoms with van der Waals surface area (Å²) in [6, 6.07) is 4.41. The fraction of sp³-hybridized carbons (Fsp3) is 0.706. The summed E-state index contributed by atoms with van der Waals surface area (Å²) in [6.07, 6.45) is 15.5. The number of aryl methyl sites for hydroxylation is 2. The van der Waals surface area contributed by atoms with Crippen LogP contribution in [0.4, 0.5) is 0 Å². The molecule has 2 nitrogen and oxygen atoms in total. The van der Waals surface area contributed by atoms with Crippen LogP contribution in [0.5, 0.6) is 0 Å². The van der Waals surface area contributed by atoms with Gasteiger partial charge in [-0.3, -0.25) is 0 Å². The summed E-state index contributed by atoms with van der Waals surface area (Å²) in [5, 5.41) is 8.73. The van der Waals surface area contributed by atoms with Crippen LogP contribution in [-0.2, 0) is 13.0 Å². The van der Waals surface area contributed by atoms with E-state index in [1.807, 2.05) is 0 Å². The minimum atomic E-state index is 0. The Labute approximate surface area is 130 Å². The molecule has 0 aliphatic heterocycles. The molecular weight excluding hydrogens is 270 g/mol. The van der Waals surface area contributed by atoms with Crippen molar-refractivity contribution in [3.63, 3.8) is 0 Å². The van der Waals surface area contributed by atoms with Crippen molar-refractivity contribution in [1.82, 2.24) is 0 Å². The van der Waals surface area contributed by atoms with Crippen LogP contribution in [0.1, 0.15) is 63.9 Å². The second-order valence-electron chi connectivity index (χ2n) is 5.40. The number of unbranched alkanes of at least 4 members (excludes halogenated alkanes) is 6. The van der Waals surface area contributed by atoms with Gasteiger partial charge in [-0.25, -0.2) is 4.57 Å². The summed E-state index contributed by atoms with van der Waals surface area (Å²) in [7, 11) is 0. The summed E-state index contributed by atoms with van der Waals surface area (Å²) in [5.74, 6) is 0. The summed E-state index contributed by atoms with van der Waals surface area (Å²) < 4.78 is 2.31. The highest BCUT2D eigenvalue weighted by atomic mass is 35.5. The highest BCUT2D eigenvalue weighted by Crippen LogP contribution is 2.06. The van der Waals surface area contributed by atoms with E-state index in [1.54, 1.807) is 0 Å². The van der Waals surface area contributed by atoms with Crippen LogP contribution in [0.25, 0.3) is 0 Å². The van der Waals surface area contributed by atoms with E-state index in [1.165, 1.54) is 50.5 Å². The van der Waals surface area contributed by atoms with Crippen molar-refractivity contribution >= 4 is 0 Å². The van der Waals surface area contributed by atoms with Crippen molar-refractivity contribution in [3.8, 4) is 0 Å². The average Bonchev–Trinajstić information content (AvgIpc) is 2.44. The third-order valence-electron chi connectivity index (χ3n) is 3.56. The van der Waals surface area contributed by atoms with Gasteiger partial charge in [0, 0.05) is 24.7 Å². The third-order valence-corrected chi connectivity index (χ3v) is 3.56. The zero-order valence-corrected chi connectivity index (χ0v) is 13.6. The van der Waals surface area contributed by atoms with Gasteiger partial charge in [0.25, 0.3) is 0 Å². The van der Waals surface area contributed by atoms with Gasteiger partial charge in [0.05, 0.1) is 0 Å². The van der Waals surface area contributed by atoms with E-state index < -0.39 is 0 Å². The molecule has 1 aromatic heterocycles. The standard InChI is InChI=1S/C17H30NO.ClH/c1-2-3-4-7-11-17-12-10-14-18(16-17)13-8-5-6-9-15-19;/h10,12,14,16,19H,2-9,11,13,15H2,1H3;1H/q+1;/p-1. The van der Waals surface area contributed by atoms with Crippen LogP contribution in [0, 0.1) is 0 Å². The van der Waals surface area contributed by atoms with Gasteiger partial charge in [0.2, 0.25) is 0 Å². The Bertz CT molecular complexity index is 331. The third kappa shape index (κ3) is 9.33. The van der Waals surface area contributed by atoms with E-state index in [4.69, 9.17) is 5.11 Å². The Morgan fingerprint density at radius 3 is 2.50 bits per heavy atom. The van der Waals surface area contributed by atoms with Gasteiger partial charge in [0.1, 0.15) is 6.54 Å². The second kappa shape index (κ2) is 13.4. The lowest BCUT2D eigenvalue weighted by Crippen LogP contribution is -3.00. The average molecular weight is 300 g/mol. The quantitative estimate of drug-likeness (QED) is 0.471. The summed E-state index contributed by atoms with van der Waals surface area (Å²) in [6.45, 7) is 3.70. The summed E-state index contributed by atoms with van der Waals surface area (Å²) in [5.41, 5.74) is 1.47. The van der Waals surface area contributed by atoms with E-state index in [9.17, 15) is 0 Å². The number of aliphatic hydroxyl groups is 1. The zero-order valence-electron chi connectivity index (χ0n) is 12.9. The molecule has 1 N–H and O–H groups in total. The molecule has 0 aromatic carbocycles. The Balaban J connectivity index is 0.00000361. The summed E-state index contributed by atoms with van der Waals surface area (Å²) in [4.78, 5) is 0. The molecular formula is C17H30ClNO. The minimum absolute atomic E-state index is 0. The van der Waals surface area contributed by atoms with Gasteiger partial charge in [-0.05, 0) is 31.7 Å². The molecule has 0 fully saturated rings. The van der Waals surface area contributed by atoms with E-state index in [-0.39, 0.29) is 12.4 Å². The zero-order chi connectivity index (χ0) is 13.8. The summed E-state index contributed by atoms with van der Waals surface area (Å²) >= 11 is 0. The van der Waals surface area contributed by atoms with Crippen LogP contribution in [0.2, 0.25) is 0 Å². The molecule has 0 radical (unpaired) electrons. The van der Waals surface area contributed by atoms with Crippen molar-refractivity contribution < 1.29 is 22.1 Å². The predicted molar refractivity (Wildman–Crippen MR) is 80.0 cm³/mol. The Morgan fingerprint density at radius 1 is 1.00 bits per heavy atom. The van der Waals surface area contributed by atoms with Crippen LogP contribution < -0.4 is 17.0 Å². The fourth-order valence-electron chi connectivity index (χ4n) is 2.38. The molecule has 0 atom stereocenters. The highest BCUT2D eigenvalue weighted by Gasteiger charge is 2.02. The molecule has 3 heteroatoms. The molecule has 0 unspecified atom stereocenters. The Kier molecular flexibility index (Phi) is 13.0. The van der Waals surface area contributed by atoms with Gasteiger partial charge < -0.3 is 17.5 Å². The number of pyridine rings is 1. The van der Waals surface area contributed by atoms with E-state index >= 15 is 0 Å². The normalized spacial score (nSPS) is 10.3. The molecule has 0 bridgehead atoms. The first-order valence-corrected chi connectivity index (χ1v) is 7.95. The molecule has 0 saturated heterocycles. The van der Waals surface area contributed by atoms with E-state index in [2.05, 4.69) is 36.0 Å². The maximum Gasteiger partial charge on any atom is 0.171 e. The van der Waals surface area contributed by atoms with Crippen molar-refractivity contribution in [2.75, 3.05) is 6.61 Å². The molecule has 0 spiro atoms. The topological polar surface area (TPSA) is 24.1 Å². The number of nitrogens with zero attached hydrogens (tertiary/aromatic N) is 1. The number of rotatable bonds is 11. The van der Waals surface area contributed by atoms with Gasteiger partial charge >= 0.3 is 0 Å². The molecule has 0 aliphatic rings. The molecule has 0 aliphatic carbocycles. The monoisotopic (exact) mass is 299 g/mol. The first kappa shape index (κ1) is 19.4. The lowest BCUT2D eigenvalue weighted by molar-refractivity contribution is -0.697. The van der Waals surface area contributed by atoms with Crippen LogP contribution in [0.3, 0.4) is 0 Å². The van der Waals surface area contributed by atoms with Crippen molar-refractivity contribution in [1.29, 1.82) is 0 Å². The van der Waals surface area contributed by atoms with Crippen LogP contribution in [-0.4, -0.2) is 11.7 Å². The van der Waals surface area contributed by atoms with Gasteiger partial charge in [-0.2, -0.15) is 0 Å². The van der Waals surface area contributed by atoms with E-state index in [0.29, 0.717) is 6.61 Å². The lowest BCUT2D eigenvalue weighted by atomic mass is 10.1. The predicted octanol–water partition coefficient (Wildman–Crippen LogP) is 0.654. The molecule has 0 saturated carbocycles. The van der Waals surface area contributed by atoms with Crippen LogP contribution in [0.15, 0.2) is 24.5 Å². The van der Waals surface area contributed by atoms with Crippen molar-refractivity contribution in [2.24, 2.45) is 0 Å². The second-order valence-corrected chi connectivity index (χ2v) is 5.40. The molecule has 0 amide bonds. The van der Waals surface area contributed by atoms with Crippen molar-refractivity contribution in [2.45, 2.75) is 71.3 Å². The highest BCUT2D eigenvalue weighted by molar-refractivity contribution is 5.05. The number of halogens is 1. The smallest absolute Gasteiger partial charge is 0.171 e.